The zero-order valence-corrected chi connectivity index (χ0v) is 6.20. The van der Waals surface area contributed by atoms with Crippen LogP contribution in [0.15, 0.2) is 0 Å². The molecule has 1 rings (SSSR count). The van der Waals surface area contributed by atoms with E-state index in [0.29, 0.717) is 0 Å². The average Bonchev–Trinajstić information content (AvgIpc) is 1.88. The summed E-state index contributed by atoms with van der Waals surface area (Å²) in [4.78, 5) is 21.5. The van der Waals surface area contributed by atoms with Gasteiger partial charge in [0, 0.05) is 6.26 Å². The molecule has 1 fully saturated rings. The van der Waals surface area contributed by atoms with Crippen LogP contribution in [0.25, 0.3) is 0 Å². The lowest BCUT2D eigenvalue weighted by atomic mass is 10.7. The fraction of sp³-hybridized carbons (Fsp3) is 0.500. The fourth-order valence-electron chi connectivity index (χ4n) is 0.597. The Morgan fingerprint density at radius 2 is 1.90 bits per heavy atom. The second-order valence-electron chi connectivity index (χ2n) is 1.62. The van der Waals surface area contributed by atoms with E-state index in [-0.39, 0.29) is 18.7 Å². The Balaban J connectivity index is 2.62. The molecule has 1 aliphatic heterocycles. The average molecular weight is 161 g/mol. The highest BCUT2D eigenvalue weighted by atomic mass is 32.2. The molecule has 5 nitrogen and oxygen atoms in total. The molecule has 4 amide bonds. The molecule has 0 atom stereocenters. The highest BCUT2D eigenvalue weighted by Gasteiger charge is 2.23. The summed E-state index contributed by atoms with van der Waals surface area (Å²) in [5.41, 5.74) is 0. The summed E-state index contributed by atoms with van der Waals surface area (Å²) < 4.78 is 1.02. The monoisotopic (exact) mass is 161 g/mol. The van der Waals surface area contributed by atoms with Crippen LogP contribution in [-0.4, -0.2) is 29.3 Å². The fourth-order valence-corrected chi connectivity index (χ4v) is 1.06. The number of hydrogen-bond acceptors (Lipinski definition) is 3. The van der Waals surface area contributed by atoms with Crippen LogP contribution in [0.3, 0.4) is 0 Å². The normalized spacial score (nSPS) is 18.3. The number of hydrogen-bond donors (Lipinski definition) is 2. The van der Waals surface area contributed by atoms with E-state index in [1.165, 1.54) is 0 Å². The van der Waals surface area contributed by atoms with Gasteiger partial charge in [0.05, 0.1) is 6.67 Å². The van der Waals surface area contributed by atoms with Gasteiger partial charge in [-0.2, -0.15) is 4.31 Å². The lowest BCUT2D eigenvalue weighted by molar-refractivity contribution is 0.201. The van der Waals surface area contributed by atoms with E-state index in [1.807, 2.05) is 0 Å². The van der Waals surface area contributed by atoms with Crippen molar-refractivity contribution >= 4 is 24.0 Å². The first-order valence-electron chi connectivity index (χ1n) is 2.65. The second-order valence-corrected chi connectivity index (χ2v) is 2.35. The molecule has 0 radical (unpaired) electrons. The molecule has 0 bridgehead atoms. The van der Waals surface area contributed by atoms with Gasteiger partial charge in [0.25, 0.3) is 0 Å². The van der Waals surface area contributed by atoms with E-state index in [9.17, 15) is 9.59 Å². The maximum absolute atomic E-state index is 10.8. The van der Waals surface area contributed by atoms with E-state index in [4.69, 9.17) is 0 Å². The molecule has 6 heteroatoms. The predicted molar refractivity (Wildman–Crippen MR) is 37.3 cm³/mol. The Labute approximate surface area is 62.3 Å². The van der Waals surface area contributed by atoms with Gasteiger partial charge in [0.2, 0.25) is 0 Å². The van der Waals surface area contributed by atoms with E-state index in [2.05, 4.69) is 10.6 Å². The minimum Gasteiger partial charge on any atom is -0.319 e. The van der Waals surface area contributed by atoms with Crippen LogP contribution in [0.5, 0.6) is 0 Å². The van der Waals surface area contributed by atoms with Crippen molar-refractivity contribution in [3.63, 3.8) is 0 Å². The van der Waals surface area contributed by atoms with E-state index >= 15 is 0 Å². The Kier molecular flexibility index (Phi) is 2.00. The van der Waals surface area contributed by atoms with Crippen LogP contribution < -0.4 is 10.6 Å². The van der Waals surface area contributed by atoms with Gasteiger partial charge >= 0.3 is 12.1 Å². The topological polar surface area (TPSA) is 61.4 Å². The van der Waals surface area contributed by atoms with Crippen molar-refractivity contribution in [2.24, 2.45) is 0 Å². The van der Waals surface area contributed by atoms with Crippen LogP contribution in [0.2, 0.25) is 0 Å². The Morgan fingerprint density at radius 3 is 2.20 bits per heavy atom. The van der Waals surface area contributed by atoms with Gasteiger partial charge in [0.1, 0.15) is 0 Å². The molecule has 0 unspecified atom stereocenters. The smallest absolute Gasteiger partial charge is 0.319 e. The van der Waals surface area contributed by atoms with E-state index in [1.54, 1.807) is 6.26 Å². The highest BCUT2D eigenvalue weighted by molar-refractivity contribution is 7.97. The maximum Gasteiger partial charge on any atom is 0.337 e. The van der Waals surface area contributed by atoms with Gasteiger partial charge in [-0.1, -0.05) is 0 Å². The molecule has 56 valence electrons. The first-order valence-corrected chi connectivity index (χ1v) is 3.84. The van der Waals surface area contributed by atoms with E-state index < -0.39 is 0 Å². The minimum absolute atomic E-state index is 0.217. The quantitative estimate of drug-likeness (QED) is 0.530. The number of rotatable bonds is 1. The molecule has 2 N–H and O–H groups in total. The maximum atomic E-state index is 10.8. The van der Waals surface area contributed by atoms with Gasteiger partial charge in [-0.25, -0.2) is 9.59 Å². The zero-order chi connectivity index (χ0) is 7.56. The molecular formula is C4H7N3O2S. The molecule has 0 aliphatic carbocycles. The van der Waals surface area contributed by atoms with Crippen molar-refractivity contribution in [2.45, 2.75) is 0 Å². The molecule has 0 aromatic rings. The largest absolute Gasteiger partial charge is 0.337 e. The Morgan fingerprint density at radius 1 is 1.40 bits per heavy atom. The van der Waals surface area contributed by atoms with Gasteiger partial charge in [-0.3, -0.25) is 0 Å². The molecule has 0 spiro atoms. The Hall–Kier alpha value is -0.910. The van der Waals surface area contributed by atoms with Crippen molar-refractivity contribution in [3.05, 3.63) is 0 Å². The molecular weight excluding hydrogens is 154 g/mol. The van der Waals surface area contributed by atoms with Crippen LogP contribution in [0.4, 0.5) is 9.59 Å². The van der Waals surface area contributed by atoms with Crippen molar-refractivity contribution in [2.75, 3.05) is 12.9 Å². The number of carbonyl (C=O) groups excluding carboxylic acids is 2. The zero-order valence-electron chi connectivity index (χ0n) is 5.38. The summed E-state index contributed by atoms with van der Waals surface area (Å²) in [6.45, 7) is 0.217. The highest BCUT2D eigenvalue weighted by Crippen LogP contribution is 2.06. The summed E-state index contributed by atoms with van der Waals surface area (Å²) in [5.74, 6) is 0. The predicted octanol–water partition coefficient (Wildman–Crippen LogP) is -0.0433. The number of carbonyl (C=O) groups is 2. The molecule has 1 saturated heterocycles. The van der Waals surface area contributed by atoms with E-state index in [0.717, 1.165) is 16.3 Å². The second kappa shape index (κ2) is 2.78. The van der Waals surface area contributed by atoms with Gasteiger partial charge < -0.3 is 10.6 Å². The van der Waals surface area contributed by atoms with Gasteiger partial charge in [-0.05, 0) is 11.9 Å². The lowest BCUT2D eigenvalue weighted by Crippen LogP contribution is -2.54. The van der Waals surface area contributed by atoms with Crippen molar-refractivity contribution < 1.29 is 9.59 Å². The molecule has 10 heavy (non-hydrogen) atoms. The summed E-state index contributed by atoms with van der Waals surface area (Å²) in [7, 11) is 0. The van der Waals surface area contributed by atoms with Crippen LogP contribution in [-0.2, 0) is 0 Å². The summed E-state index contributed by atoms with van der Waals surface area (Å²) >= 11 is 1.07. The van der Waals surface area contributed by atoms with Crippen LogP contribution >= 0.6 is 11.9 Å². The van der Waals surface area contributed by atoms with Crippen molar-refractivity contribution in [1.82, 2.24) is 14.9 Å². The molecule has 1 aliphatic rings. The Bertz CT molecular complexity index is 156. The first kappa shape index (κ1) is 7.20. The van der Waals surface area contributed by atoms with Crippen molar-refractivity contribution in [1.29, 1.82) is 0 Å². The van der Waals surface area contributed by atoms with Crippen LogP contribution in [0, 0.1) is 0 Å². The minimum atomic E-state index is -0.365. The summed E-state index contributed by atoms with van der Waals surface area (Å²) in [6, 6.07) is -0.729. The van der Waals surface area contributed by atoms with Gasteiger partial charge in [0.15, 0.2) is 0 Å². The molecule has 0 saturated carbocycles. The van der Waals surface area contributed by atoms with Gasteiger partial charge in [-0.15, -0.1) is 0 Å². The number of nitrogens with one attached hydrogen (secondary N) is 2. The number of imide groups is 1. The third-order valence-corrected chi connectivity index (χ3v) is 1.73. The van der Waals surface area contributed by atoms with Crippen LogP contribution in [0.1, 0.15) is 0 Å². The standard InChI is InChI=1S/C4H7N3O2S/c1-10-7-3(8)5-2-6-4(7)9/h2H2,1H3,(H,5,8)(H,6,9). The third-order valence-electron chi connectivity index (χ3n) is 1.03. The lowest BCUT2D eigenvalue weighted by Gasteiger charge is -2.23. The number of amides is 4. The third kappa shape index (κ3) is 1.15. The number of urea groups is 2. The SMILES string of the molecule is CSN1C(=O)NCNC1=O. The molecule has 0 aromatic carbocycles. The first-order chi connectivity index (χ1) is 4.75. The summed E-state index contributed by atoms with van der Waals surface area (Å²) in [5, 5.41) is 4.90. The summed E-state index contributed by atoms with van der Waals surface area (Å²) in [6.07, 6.45) is 1.66. The van der Waals surface area contributed by atoms with Crippen molar-refractivity contribution in [3.8, 4) is 0 Å². The number of nitrogens with zero attached hydrogens (tertiary/aromatic N) is 1. The molecule has 1 heterocycles. The molecule has 0 aromatic heterocycles.